The van der Waals surface area contributed by atoms with E-state index < -0.39 is 0 Å². The number of nitrogens with one attached hydrogen (secondary N) is 1. The normalized spacial score (nSPS) is 21.8. The van der Waals surface area contributed by atoms with Crippen molar-refractivity contribution in [1.29, 1.82) is 0 Å². The Morgan fingerprint density at radius 1 is 0.913 bits per heavy atom. The van der Waals surface area contributed by atoms with Crippen LogP contribution in [0, 0.1) is 11.8 Å². The summed E-state index contributed by atoms with van der Waals surface area (Å²) in [4.78, 5) is 13.2. The number of rotatable bonds is 5. The number of hydrogen-bond acceptors (Lipinski definition) is 2. The van der Waals surface area contributed by atoms with E-state index in [0.29, 0.717) is 11.7 Å². The highest BCUT2D eigenvalue weighted by atomic mass is 35.5. The van der Waals surface area contributed by atoms with Gasteiger partial charge in [-0.05, 0) is 55.9 Å². The molecule has 0 saturated heterocycles. The van der Waals surface area contributed by atoms with Crippen LogP contribution < -0.4 is 5.32 Å². The predicted molar refractivity (Wildman–Crippen MR) is 97.0 cm³/mol. The molecule has 23 heavy (non-hydrogen) atoms. The molecule has 0 heterocycles. The van der Waals surface area contributed by atoms with Crippen LogP contribution >= 0.6 is 11.6 Å². The Hall–Kier alpha value is -1.02. The van der Waals surface area contributed by atoms with Gasteiger partial charge in [-0.15, -0.1) is 0 Å². The average molecular weight is 334 g/mol. The minimum Gasteiger partial charge on any atom is -0.375 e. The third-order valence-corrected chi connectivity index (χ3v) is 5.85. The highest BCUT2D eigenvalue weighted by Gasteiger charge is 2.34. The molecule has 3 heteroatoms. The van der Waals surface area contributed by atoms with E-state index in [1.54, 1.807) is 0 Å². The first-order chi connectivity index (χ1) is 11.2. The molecule has 1 aromatic rings. The largest absolute Gasteiger partial charge is 0.375 e. The number of carbonyl (C=O) groups is 1. The summed E-state index contributed by atoms with van der Waals surface area (Å²) in [5.74, 6) is 1.23. The van der Waals surface area contributed by atoms with Gasteiger partial charge in [-0.2, -0.15) is 0 Å². The molecule has 0 aliphatic heterocycles. The maximum absolute atomic E-state index is 13.2. The monoisotopic (exact) mass is 333 g/mol. The Labute approximate surface area is 145 Å². The van der Waals surface area contributed by atoms with E-state index in [9.17, 15) is 4.79 Å². The van der Waals surface area contributed by atoms with Crippen LogP contribution in [-0.4, -0.2) is 11.8 Å². The molecule has 1 N–H and O–H groups in total. The molecular weight excluding hydrogens is 306 g/mol. The topological polar surface area (TPSA) is 29.1 Å². The van der Waals surface area contributed by atoms with E-state index in [-0.39, 0.29) is 12.0 Å². The van der Waals surface area contributed by atoms with Crippen LogP contribution in [0.2, 0.25) is 5.02 Å². The van der Waals surface area contributed by atoms with E-state index in [2.05, 4.69) is 5.32 Å². The maximum atomic E-state index is 13.2. The zero-order chi connectivity index (χ0) is 16.1. The van der Waals surface area contributed by atoms with E-state index in [0.717, 1.165) is 23.6 Å². The van der Waals surface area contributed by atoms with Gasteiger partial charge >= 0.3 is 0 Å². The maximum Gasteiger partial charge on any atom is 0.158 e. The zero-order valence-corrected chi connectivity index (χ0v) is 14.7. The van der Waals surface area contributed by atoms with Crippen molar-refractivity contribution in [3.63, 3.8) is 0 Å². The van der Waals surface area contributed by atoms with Gasteiger partial charge in [0.05, 0.1) is 6.04 Å². The minimum absolute atomic E-state index is 0.0143. The van der Waals surface area contributed by atoms with Crippen molar-refractivity contribution in [3.05, 3.63) is 29.3 Å². The lowest BCUT2D eigenvalue weighted by Gasteiger charge is -2.34. The molecule has 3 rings (SSSR count). The second kappa shape index (κ2) is 8.19. The van der Waals surface area contributed by atoms with Gasteiger partial charge in [-0.1, -0.05) is 50.1 Å². The molecule has 0 radical (unpaired) electrons. The number of halogens is 1. The van der Waals surface area contributed by atoms with Crippen molar-refractivity contribution >= 4 is 23.1 Å². The van der Waals surface area contributed by atoms with Crippen molar-refractivity contribution in [3.8, 4) is 0 Å². The molecule has 2 nitrogen and oxygen atoms in total. The fourth-order valence-corrected chi connectivity index (χ4v) is 4.38. The number of anilines is 1. The second-order valence-electron chi connectivity index (χ2n) is 7.26. The molecule has 2 fully saturated rings. The first-order valence-corrected chi connectivity index (χ1v) is 9.67. The summed E-state index contributed by atoms with van der Waals surface area (Å²) in [5.41, 5.74) is 1.02. The van der Waals surface area contributed by atoms with Gasteiger partial charge in [-0.25, -0.2) is 0 Å². The van der Waals surface area contributed by atoms with E-state index in [1.807, 2.05) is 24.3 Å². The summed E-state index contributed by atoms with van der Waals surface area (Å²) in [7, 11) is 0. The molecule has 0 unspecified atom stereocenters. The summed E-state index contributed by atoms with van der Waals surface area (Å²) >= 11 is 5.99. The third-order valence-electron chi connectivity index (χ3n) is 5.60. The molecular formula is C20H28ClNO. The van der Waals surface area contributed by atoms with Gasteiger partial charge in [0.2, 0.25) is 0 Å². The summed E-state index contributed by atoms with van der Waals surface area (Å²) < 4.78 is 0. The molecule has 0 aromatic heterocycles. The molecule has 2 aliphatic rings. The Bertz CT molecular complexity index is 501. The number of benzene rings is 1. The van der Waals surface area contributed by atoms with Crippen molar-refractivity contribution in [1.82, 2.24) is 0 Å². The number of hydrogen-bond donors (Lipinski definition) is 1. The van der Waals surface area contributed by atoms with Gasteiger partial charge in [-0.3, -0.25) is 4.79 Å². The van der Waals surface area contributed by atoms with E-state index in [1.165, 1.54) is 51.4 Å². The van der Waals surface area contributed by atoms with Crippen LogP contribution in [0.1, 0.15) is 64.2 Å². The average Bonchev–Trinajstić information content (AvgIpc) is 2.62. The Kier molecular flexibility index (Phi) is 5.99. The van der Waals surface area contributed by atoms with Crippen molar-refractivity contribution in [2.24, 2.45) is 11.8 Å². The van der Waals surface area contributed by atoms with Gasteiger partial charge in [0.1, 0.15) is 0 Å². The van der Waals surface area contributed by atoms with Gasteiger partial charge in [0, 0.05) is 16.6 Å². The fraction of sp³-hybridized carbons (Fsp3) is 0.650. The van der Waals surface area contributed by atoms with Crippen LogP contribution in [0.3, 0.4) is 0 Å². The van der Waals surface area contributed by atoms with Gasteiger partial charge in [0.25, 0.3) is 0 Å². The molecule has 2 aliphatic carbocycles. The number of Topliss-reactive ketones (excluding diaryl/α,β-unsaturated/α-hetero) is 1. The highest BCUT2D eigenvalue weighted by Crippen LogP contribution is 2.33. The lowest BCUT2D eigenvalue weighted by atomic mass is 9.76. The highest BCUT2D eigenvalue weighted by molar-refractivity contribution is 6.30. The minimum atomic E-state index is -0.0143. The molecule has 0 bridgehead atoms. The number of ketones is 1. The van der Waals surface area contributed by atoms with Crippen LogP contribution in [0.5, 0.6) is 0 Å². The summed E-state index contributed by atoms with van der Waals surface area (Å²) in [6, 6.07) is 7.76. The quantitative estimate of drug-likeness (QED) is 0.732. The third kappa shape index (κ3) is 4.50. The van der Waals surface area contributed by atoms with Crippen LogP contribution in [0.4, 0.5) is 5.69 Å². The standard InChI is InChI=1S/C20H28ClNO/c21-17-11-13-18(14-12-17)22-19(15-7-3-1-4-8-15)20(23)16-9-5-2-6-10-16/h11-16,19,22H,1-10H2/t19-/m1/s1. The summed E-state index contributed by atoms with van der Waals surface area (Å²) in [6.45, 7) is 0. The van der Waals surface area contributed by atoms with Crippen LogP contribution in [0.25, 0.3) is 0 Å². The smallest absolute Gasteiger partial charge is 0.158 e. The molecule has 126 valence electrons. The lowest BCUT2D eigenvalue weighted by molar-refractivity contribution is -0.125. The van der Waals surface area contributed by atoms with Gasteiger partial charge in [0.15, 0.2) is 5.78 Å². The van der Waals surface area contributed by atoms with Crippen LogP contribution in [-0.2, 0) is 4.79 Å². The fourth-order valence-electron chi connectivity index (χ4n) is 4.26. The first kappa shape index (κ1) is 16.8. The molecule has 2 saturated carbocycles. The Balaban J connectivity index is 1.74. The van der Waals surface area contributed by atoms with E-state index >= 15 is 0 Å². The second-order valence-corrected chi connectivity index (χ2v) is 7.70. The molecule has 0 amide bonds. The Morgan fingerprint density at radius 2 is 1.48 bits per heavy atom. The van der Waals surface area contributed by atoms with Crippen molar-refractivity contribution < 1.29 is 4.79 Å². The predicted octanol–water partition coefficient (Wildman–Crippen LogP) is 5.85. The zero-order valence-electron chi connectivity index (χ0n) is 13.9. The summed E-state index contributed by atoms with van der Waals surface area (Å²) in [6.07, 6.45) is 12.1. The lowest BCUT2D eigenvalue weighted by Crippen LogP contribution is -2.42. The molecule has 1 aromatic carbocycles. The molecule has 1 atom stereocenters. The van der Waals surface area contributed by atoms with Gasteiger partial charge < -0.3 is 5.32 Å². The summed E-state index contributed by atoms with van der Waals surface area (Å²) in [5, 5.41) is 4.30. The number of carbonyl (C=O) groups excluding carboxylic acids is 1. The van der Waals surface area contributed by atoms with Crippen molar-refractivity contribution in [2.75, 3.05) is 5.32 Å². The van der Waals surface area contributed by atoms with E-state index in [4.69, 9.17) is 11.6 Å². The first-order valence-electron chi connectivity index (χ1n) is 9.30. The SMILES string of the molecule is O=C(C1CCCCC1)[C@H](Nc1ccc(Cl)cc1)C1CCCCC1. The van der Waals surface area contributed by atoms with Crippen molar-refractivity contribution in [2.45, 2.75) is 70.3 Å². The Morgan fingerprint density at radius 3 is 2.09 bits per heavy atom. The van der Waals surface area contributed by atoms with Crippen LogP contribution in [0.15, 0.2) is 24.3 Å². The molecule has 0 spiro atoms.